The van der Waals surface area contributed by atoms with E-state index in [4.69, 9.17) is 14.9 Å². The number of hydrogen-bond acceptors (Lipinski definition) is 5. The Morgan fingerprint density at radius 1 is 1.44 bits per heavy atom. The maximum absolute atomic E-state index is 13.1. The highest BCUT2D eigenvalue weighted by Crippen LogP contribution is 2.21. The largest absolute Gasteiger partial charge is 0.460 e. The van der Waals surface area contributed by atoms with Crippen LogP contribution in [-0.2, 0) is 4.74 Å². The van der Waals surface area contributed by atoms with Crippen LogP contribution in [0.1, 0.15) is 17.5 Å². The van der Waals surface area contributed by atoms with Gasteiger partial charge in [0, 0.05) is 12.1 Å². The van der Waals surface area contributed by atoms with E-state index < -0.39 is 17.2 Å². The molecule has 0 aliphatic carbocycles. The lowest BCUT2D eigenvalue weighted by Crippen LogP contribution is -2.10. The van der Waals surface area contributed by atoms with Crippen LogP contribution < -0.4 is 11.2 Å². The van der Waals surface area contributed by atoms with Crippen molar-refractivity contribution in [1.29, 1.82) is 0 Å². The van der Waals surface area contributed by atoms with Gasteiger partial charge in [-0.05, 0) is 13.0 Å². The molecule has 0 unspecified atom stereocenters. The van der Waals surface area contributed by atoms with Crippen molar-refractivity contribution >= 4 is 22.6 Å². The number of esters is 1. The molecule has 0 aliphatic heterocycles. The Bertz CT molecular complexity index is 678. The minimum atomic E-state index is -0.764. The van der Waals surface area contributed by atoms with E-state index in [1.807, 2.05) is 0 Å². The highest BCUT2D eigenvalue weighted by molar-refractivity contribution is 5.92. The topological polar surface area (TPSA) is 82.5 Å². The summed E-state index contributed by atoms with van der Waals surface area (Å²) in [4.78, 5) is 23.2. The Morgan fingerprint density at radius 2 is 2.17 bits per heavy atom. The molecule has 2 N–H and O–H groups in total. The summed E-state index contributed by atoms with van der Waals surface area (Å²) in [7, 11) is 0. The molecule has 0 aliphatic rings. The summed E-state index contributed by atoms with van der Waals surface area (Å²) in [5.41, 5.74) is 4.92. The summed E-state index contributed by atoms with van der Waals surface area (Å²) in [5, 5.41) is -0.0134. The number of nitrogen functional groups attached to an aromatic ring is 1. The van der Waals surface area contributed by atoms with Crippen LogP contribution in [0.4, 0.5) is 10.1 Å². The Balaban J connectivity index is 2.69. The molecule has 0 spiro atoms. The van der Waals surface area contributed by atoms with E-state index >= 15 is 0 Å². The molecule has 0 atom stereocenters. The van der Waals surface area contributed by atoms with E-state index in [1.54, 1.807) is 6.92 Å². The first-order valence-corrected chi connectivity index (χ1v) is 5.23. The van der Waals surface area contributed by atoms with Crippen LogP contribution in [0.5, 0.6) is 0 Å². The third-order valence-electron chi connectivity index (χ3n) is 2.30. The number of hydrogen-bond donors (Lipinski definition) is 1. The van der Waals surface area contributed by atoms with E-state index in [-0.39, 0.29) is 29.0 Å². The van der Waals surface area contributed by atoms with Gasteiger partial charge >= 0.3 is 5.97 Å². The van der Waals surface area contributed by atoms with Gasteiger partial charge in [0.1, 0.15) is 5.82 Å². The lowest BCUT2D eigenvalue weighted by Gasteiger charge is -2.04. The number of nitrogens with two attached hydrogens (primary N) is 1. The number of benzene rings is 1. The van der Waals surface area contributed by atoms with Gasteiger partial charge in [-0.1, -0.05) is 0 Å². The summed E-state index contributed by atoms with van der Waals surface area (Å²) in [6.45, 7) is 1.78. The molecule has 0 bridgehead atoms. The summed E-state index contributed by atoms with van der Waals surface area (Å²) >= 11 is 0. The number of ether oxygens (including phenoxy) is 1. The SMILES string of the molecule is CCOC(=O)c1cc(=O)c2cc(F)cc(N)c2o1. The van der Waals surface area contributed by atoms with Crippen molar-refractivity contribution in [2.75, 3.05) is 12.3 Å². The van der Waals surface area contributed by atoms with Crippen LogP contribution in [0.3, 0.4) is 0 Å². The average Bonchev–Trinajstić information content (AvgIpc) is 2.30. The maximum atomic E-state index is 13.1. The Morgan fingerprint density at radius 3 is 2.83 bits per heavy atom. The van der Waals surface area contributed by atoms with Gasteiger partial charge in [-0.2, -0.15) is 0 Å². The molecular formula is C12H10FNO4. The average molecular weight is 251 g/mol. The van der Waals surface area contributed by atoms with Crippen molar-refractivity contribution in [2.24, 2.45) is 0 Å². The van der Waals surface area contributed by atoms with Crippen molar-refractivity contribution in [1.82, 2.24) is 0 Å². The summed E-state index contributed by atoms with van der Waals surface area (Å²) < 4.78 is 23.0. The summed E-state index contributed by atoms with van der Waals surface area (Å²) in [5.74, 6) is -1.66. The highest BCUT2D eigenvalue weighted by Gasteiger charge is 2.15. The first kappa shape index (κ1) is 12.1. The third kappa shape index (κ3) is 2.04. The molecule has 94 valence electrons. The fraction of sp³-hybridized carbons (Fsp3) is 0.167. The Labute approximate surface area is 101 Å². The van der Waals surface area contributed by atoms with Crippen LogP contribution in [0.15, 0.2) is 27.4 Å². The summed E-state index contributed by atoms with van der Waals surface area (Å²) in [6.07, 6.45) is 0. The molecule has 0 amide bonds. The minimum Gasteiger partial charge on any atom is -0.460 e. The molecule has 0 saturated carbocycles. The van der Waals surface area contributed by atoms with Gasteiger partial charge in [0.25, 0.3) is 0 Å². The second-order valence-corrected chi connectivity index (χ2v) is 3.57. The molecule has 1 aromatic heterocycles. The number of halogens is 1. The van der Waals surface area contributed by atoms with Crippen LogP contribution in [0, 0.1) is 5.82 Å². The lowest BCUT2D eigenvalue weighted by atomic mass is 10.2. The normalized spacial score (nSPS) is 10.6. The van der Waals surface area contributed by atoms with Crippen LogP contribution >= 0.6 is 0 Å². The fourth-order valence-electron chi connectivity index (χ4n) is 1.55. The van der Waals surface area contributed by atoms with Gasteiger partial charge in [-0.3, -0.25) is 4.79 Å². The van der Waals surface area contributed by atoms with Crippen LogP contribution in [0.25, 0.3) is 11.0 Å². The van der Waals surface area contributed by atoms with Crippen molar-refractivity contribution in [3.63, 3.8) is 0 Å². The van der Waals surface area contributed by atoms with E-state index in [0.717, 1.165) is 18.2 Å². The molecule has 18 heavy (non-hydrogen) atoms. The molecule has 6 heteroatoms. The third-order valence-corrected chi connectivity index (χ3v) is 2.30. The Kier molecular flexibility index (Phi) is 3.01. The lowest BCUT2D eigenvalue weighted by molar-refractivity contribution is 0.0491. The Hall–Kier alpha value is -2.37. The van der Waals surface area contributed by atoms with E-state index in [1.165, 1.54) is 0 Å². The zero-order valence-corrected chi connectivity index (χ0v) is 9.53. The zero-order valence-electron chi connectivity index (χ0n) is 9.53. The molecule has 2 aromatic rings. The molecular weight excluding hydrogens is 241 g/mol. The molecule has 0 fully saturated rings. The standard InChI is InChI=1S/C12H10FNO4/c1-2-17-12(16)10-5-9(15)7-3-6(13)4-8(14)11(7)18-10/h3-5H,2,14H2,1H3. The molecule has 1 heterocycles. The summed E-state index contributed by atoms with van der Waals surface area (Å²) in [6, 6.07) is 2.98. The molecule has 1 aromatic carbocycles. The second kappa shape index (κ2) is 4.48. The monoisotopic (exact) mass is 251 g/mol. The quantitative estimate of drug-likeness (QED) is 0.648. The van der Waals surface area contributed by atoms with Gasteiger partial charge in [0.15, 0.2) is 11.0 Å². The van der Waals surface area contributed by atoms with Gasteiger partial charge in [0.05, 0.1) is 17.7 Å². The predicted octanol–water partition coefficient (Wildman–Crippen LogP) is 1.69. The molecule has 0 radical (unpaired) electrons. The van der Waals surface area contributed by atoms with Crippen molar-refractivity contribution in [3.8, 4) is 0 Å². The van der Waals surface area contributed by atoms with Gasteiger partial charge in [-0.15, -0.1) is 0 Å². The van der Waals surface area contributed by atoms with Gasteiger partial charge in [-0.25, -0.2) is 9.18 Å². The number of carbonyl (C=O) groups excluding carboxylic acids is 1. The van der Waals surface area contributed by atoms with Gasteiger partial charge in [0.2, 0.25) is 5.76 Å². The zero-order chi connectivity index (χ0) is 13.3. The highest BCUT2D eigenvalue weighted by atomic mass is 19.1. The molecule has 5 nitrogen and oxygen atoms in total. The van der Waals surface area contributed by atoms with Crippen molar-refractivity contribution in [3.05, 3.63) is 40.0 Å². The first-order valence-electron chi connectivity index (χ1n) is 5.23. The van der Waals surface area contributed by atoms with Crippen molar-refractivity contribution in [2.45, 2.75) is 6.92 Å². The van der Waals surface area contributed by atoms with Gasteiger partial charge < -0.3 is 14.9 Å². The van der Waals surface area contributed by atoms with E-state index in [0.29, 0.717) is 0 Å². The smallest absolute Gasteiger partial charge is 0.374 e. The maximum Gasteiger partial charge on any atom is 0.374 e. The van der Waals surface area contributed by atoms with Crippen LogP contribution in [0.2, 0.25) is 0 Å². The number of fused-ring (bicyclic) bond motifs is 1. The second-order valence-electron chi connectivity index (χ2n) is 3.57. The number of rotatable bonds is 2. The van der Waals surface area contributed by atoms with Crippen molar-refractivity contribution < 1.29 is 18.3 Å². The molecule has 0 saturated heterocycles. The number of anilines is 1. The fourth-order valence-corrected chi connectivity index (χ4v) is 1.55. The predicted molar refractivity (Wildman–Crippen MR) is 62.8 cm³/mol. The van der Waals surface area contributed by atoms with E-state index in [9.17, 15) is 14.0 Å². The first-order chi connectivity index (χ1) is 8.52. The minimum absolute atomic E-state index is 0.0134. The molecule has 2 rings (SSSR count). The number of carbonyl (C=O) groups is 1. The van der Waals surface area contributed by atoms with E-state index in [2.05, 4.69) is 0 Å². The van der Waals surface area contributed by atoms with Crippen LogP contribution in [-0.4, -0.2) is 12.6 Å².